The third kappa shape index (κ3) is 5.35. The first-order valence-electron chi connectivity index (χ1n) is 9.06. The Balaban J connectivity index is 1.54. The second-order valence-electron chi connectivity index (χ2n) is 6.42. The lowest BCUT2D eigenvalue weighted by Gasteiger charge is -2.17. The fraction of sp³-hybridized carbons (Fsp3) is 0.174. The number of carbonyl (C=O) groups excluding carboxylic acids is 1. The normalized spacial score (nSPS) is 12.7. The van der Waals surface area contributed by atoms with Gasteiger partial charge < -0.3 is 15.4 Å². The molecule has 0 aliphatic carbocycles. The number of ether oxygens (including phenoxy) is 1. The van der Waals surface area contributed by atoms with Crippen molar-refractivity contribution in [2.24, 2.45) is 0 Å². The van der Waals surface area contributed by atoms with Crippen molar-refractivity contribution in [3.63, 3.8) is 0 Å². The maximum atomic E-state index is 12.3. The average Bonchev–Trinajstić information content (AvgIpc) is 2.71. The van der Waals surface area contributed by atoms with Crippen molar-refractivity contribution in [1.82, 2.24) is 0 Å². The zero-order chi connectivity index (χ0) is 19.1. The van der Waals surface area contributed by atoms with Crippen LogP contribution in [0.3, 0.4) is 0 Å². The van der Waals surface area contributed by atoms with Gasteiger partial charge in [-0.3, -0.25) is 4.79 Å². The van der Waals surface area contributed by atoms with Gasteiger partial charge in [0.05, 0.1) is 0 Å². The maximum absolute atomic E-state index is 12.3. The second kappa shape index (κ2) is 8.90. The molecule has 0 fully saturated rings. The predicted molar refractivity (Wildman–Crippen MR) is 110 cm³/mol. The molecule has 0 aliphatic rings. The molecule has 4 heteroatoms. The lowest BCUT2D eigenvalue weighted by molar-refractivity contribution is -0.122. The van der Waals surface area contributed by atoms with Gasteiger partial charge in [-0.15, -0.1) is 0 Å². The molecule has 0 heterocycles. The molecule has 0 saturated heterocycles. The van der Waals surface area contributed by atoms with E-state index in [0.29, 0.717) is 5.75 Å². The van der Waals surface area contributed by atoms with Crippen LogP contribution in [-0.4, -0.2) is 12.0 Å². The second-order valence-corrected chi connectivity index (χ2v) is 6.42. The van der Waals surface area contributed by atoms with Gasteiger partial charge in [-0.05, 0) is 55.8 Å². The van der Waals surface area contributed by atoms with E-state index in [1.54, 1.807) is 6.92 Å². The van der Waals surface area contributed by atoms with Gasteiger partial charge in [0.15, 0.2) is 6.10 Å². The van der Waals surface area contributed by atoms with Gasteiger partial charge in [0.2, 0.25) is 0 Å². The SMILES string of the molecule is CC(Oc1ccccc1)C(=O)Nc1ccc(NC(C)c2ccccc2)cc1. The van der Waals surface area contributed by atoms with Gasteiger partial charge in [0, 0.05) is 17.4 Å². The Kier molecular flexibility index (Phi) is 6.10. The van der Waals surface area contributed by atoms with E-state index in [-0.39, 0.29) is 11.9 Å². The highest BCUT2D eigenvalue weighted by Gasteiger charge is 2.14. The number of anilines is 2. The van der Waals surface area contributed by atoms with Crippen LogP contribution in [0.1, 0.15) is 25.5 Å². The largest absolute Gasteiger partial charge is 0.481 e. The van der Waals surface area contributed by atoms with Crippen molar-refractivity contribution in [2.75, 3.05) is 10.6 Å². The highest BCUT2D eigenvalue weighted by atomic mass is 16.5. The summed E-state index contributed by atoms with van der Waals surface area (Å²) in [6.45, 7) is 3.85. The first-order chi connectivity index (χ1) is 13.1. The molecule has 1 amide bonds. The average molecular weight is 360 g/mol. The predicted octanol–water partition coefficient (Wildman–Crippen LogP) is 5.27. The van der Waals surface area contributed by atoms with Crippen molar-refractivity contribution in [2.45, 2.75) is 26.0 Å². The number of carbonyl (C=O) groups is 1. The Morgan fingerprint density at radius 3 is 1.96 bits per heavy atom. The molecule has 0 spiro atoms. The van der Waals surface area contributed by atoms with Gasteiger partial charge >= 0.3 is 0 Å². The molecule has 0 aliphatic heterocycles. The summed E-state index contributed by atoms with van der Waals surface area (Å²) in [4.78, 5) is 12.3. The van der Waals surface area contributed by atoms with Gasteiger partial charge in [-0.25, -0.2) is 0 Å². The lowest BCUT2D eigenvalue weighted by Crippen LogP contribution is -2.30. The van der Waals surface area contributed by atoms with Crippen LogP contribution in [0.4, 0.5) is 11.4 Å². The fourth-order valence-corrected chi connectivity index (χ4v) is 2.73. The van der Waals surface area contributed by atoms with Crippen LogP contribution in [0, 0.1) is 0 Å². The van der Waals surface area contributed by atoms with Crippen LogP contribution in [0.5, 0.6) is 5.75 Å². The molecule has 2 unspecified atom stereocenters. The van der Waals surface area contributed by atoms with Crippen molar-refractivity contribution in [3.05, 3.63) is 90.5 Å². The minimum atomic E-state index is -0.580. The molecular formula is C23H24N2O2. The Bertz CT molecular complexity index is 849. The molecule has 3 rings (SSSR count). The standard InChI is InChI=1S/C23H24N2O2/c1-17(19-9-5-3-6-10-19)24-20-13-15-21(16-14-20)25-23(26)18(2)27-22-11-7-4-8-12-22/h3-18,24H,1-2H3,(H,25,26). The number of para-hydroxylation sites is 1. The van der Waals surface area contributed by atoms with E-state index in [4.69, 9.17) is 4.74 Å². The third-order valence-electron chi connectivity index (χ3n) is 4.26. The maximum Gasteiger partial charge on any atom is 0.265 e. The lowest BCUT2D eigenvalue weighted by atomic mass is 10.1. The van der Waals surface area contributed by atoms with E-state index in [9.17, 15) is 4.79 Å². The molecule has 0 saturated carbocycles. The molecule has 3 aromatic carbocycles. The van der Waals surface area contributed by atoms with Gasteiger partial charge in [0.25, 0.3) is 5.91 Å². The summed E-state index contributed by atoms with van der Waals surface area (Å²) < 4.78 is 5.65. The molecule has 0 bridgehead atoms. The Hall–Kier alpha value is -3.27. The van der Waals surface area contributed by atoms with Crippen molar-refractivity contribution in [3.8, 4) is 5.75 Å². The monoisotopic (exact) mass is 360 g/mol. The highest BCUT2D eigenvalue weighted by Crippen LogP contribution is 2.21. The fourth-order valence-electron chi connectivity index (χ4n) is 2.73. The van der Waals surface area contributed by atoms with E-state index in [1.807, 2.05) is 72.8 Å². The molecule has 0 radical (unpaired) electrons. The Labute approximate surface area is 160 Å². The number of hydrogen-bond donors (Lipinski definition) is 2. The Morgan fingerprint density at radius 1 is 0.778 bits per heavy atom. The number of nitrogens with one attached hydrogen (secondary N) is 2. The summed E-state index contributed by atoms with van der Waals surface area (Å²) >= 11 is 0. The molecular weight excluding hydrogens is 336 g/mol. The number of benzene rings is 3. The number of hydrogen-bond acceptors (Lipinski definition) is 3. The van der Waals surface area contributed by atoms with E-state index in [2.05, 4.69) is 29.7 Å². The quantitative estimate of drug-likeness (QED) is 0.604. The van der Waals surface area contributed by atoms with Crippen molar-refractivity contribution in [1.29, 1.82) is 0 Å². The van der Waals surface area contributed by atoms with Crippen LogP contribution < -0.4 is 15.4 Å². The van der Waals surface area contributed by atoms with Crippen LogP contribution in [-0.2, 0) is 4.79 Å². The zero-order valence-electron chi connectivity index (χ0n) is 15.6. The molecule has 4 nitrogen and oxygen atoms in total. The first-order valence-corrected chi connectivity index (χ1v) is 9.06. The van der Waals surface area contributed by atoms with Gasteiger partial charge in [-0.1, -0.05) is 48.5 Å². The summed E-state index contributed by atoms with van der Waals surface area (Å²) in [5.74, 6) is 0.492. The van der Waals surface area contributed by atoms with E-state index in [0.717, 1.165) is 11.4 Å². The summed E-state index contributed by atoms with van der Waals surface area (Å²) in [7, 11) is 0. The zero-order valence-corrected chi connectivity index (χ0v) is 15.6. The highest BCUT2D eigenvalue weighted by molar-refractivity contribution is 5.94. The van der Waals surface area contributed by atoms with Crippen LogP contribution in [0.15, 0.2) is 84.9 Å². The van der Waals surface area contributed by atoms with E-state index < -0.39 is 6.10 Å². The number of amides is 1. The summed E-state index contributed by atoms with van der Waals surface area (Å²) in [6.07, 6.45) is -0.580. The van der Waals surface area contributed by atoms with Crippen molar-refractivity contribution < 1.29 is 9.53 Å². The Morgan fingerprint density at radius 2 is 1.33 bits per heavy atom. The number of rotatable bonds is 7. The minimum Gasteiger partial charge on any atom is -0.481 e. The van der Waals surface area contributed by atoms with Crippen LogP contribution in [0.25, 0.3) is 0 Å². The van der Waals surface area contributed by atoms with E-state index >= 15 is 0 Å². The van der Waals surface area contributed by atoms with Crippen LogP contribution >= 0.6 is 0 Å². The van der Waals surface area contributed by atoms with Gasteiger partial charge in [-0.2, -0.15) is 0 Å². The summed E-state index contributed by atoms with van der Waals surface area (Å²) in [5, 5.41) is 6.34. The molecule has 138 valence electrons. The molecule has 2 N–H and O–H groups in total. The van der Waals surface area contributed by atoms with E-state index in [1.165, 1.54) is 5.56 Å². The molecule has 3 aromatic rings. The topological polar surface area (TPSA) is 50.4 Å². The first kappa shape index (κ1) is 18.5. The summed E-state index contributed by atoms with van der Waals surface area (Å²) in [6, 6.07) is 27.5. The molecule has 27 heavy (non-hydrogen) atoms. The smallest absolute Gasteiger partial charge is 0.265 e. The van der Waals surface area contributed by atoms with Gasteiger partial charge in [0.1, 0.15) is 5.75 Å². The molecule has 2 atom stereocenters. The third-order valence-corrected chi connectivity index (χ3v) is 4.26. The molecule has 0 aromatic heterocycles. The minimum absolute atomic E-state index is 0.183. The van der Waals surface area contributed by atoms with Crippen molar-refractivity contribution >= 4 is 17.3 Å². The summed E-state index contributed by atoms with van der Waals surface area (Å²) in [5.41, 5.74) is 2.96. The van der Waals surface area contributed by atoms with Crippen LogP contribution in [0.2, 0.25) is 0 Å².